The molecule has 2 unspecified atom stereocenters. The number of methoxy groups -OCH3 is 2. The van der Waals surface area contributed by atoms with Crippen molar-refractivity contribution in [2.24, 2.45) is 11.3 Å². The normalized spacial score (nSPS) is 22.1. The summed E-state index contributed by atoms with van der Waals surface area (Å²) < 4.78 is 15.9. The molecule has 2 aliphatic rings. The summed E-state index contributed by atoms with van der Waals surface area (Å²) in [6, 6.07) is 13.0. The van der Waals surface area contributed by atoms with E-state index in [1.54, 1.807) is 32.4 Å². The van der Waals surface area contributed by atoms with Gasteiger partial charge in [0.15, 0.2) is 0 Å². The second kappa shape index (κ2) is 8.46. The average molecular weight is 421 g/mol. The van der Waals surface area contributed by atoms with Crippen molar-refractivity contribution >= 4 is 17.6 Å². The second-order valence-electron chi connectivity index (χ2n) is 8.36. The number of anilines is 1. The van der Waals surface area contributed by atoms with Gasteiger partial charge in [0.2, 0.25) is 5.91 Å². The van der Waals surface area contributed by atoms with Crippen LogP contribution in [0, 0.1) is 11.3 Å². The zero-order valence-electron chi connectivity index (χ0n) is 17.9. The van der Waals surface area contributed by atoms with Gasteiger partial charge in [0.05, 0.1) is 32.7 Å². The maximum Gasteiger partial charge on any atom is 0.313 e. The van der Waals surface area contributed by atoms with Gasteiger partial charge in [-0.2, -0.15) is 0 Å². The lowest BCUT2D eigenvalue weighted by molar-refractivity contribution is -0.146. The van der Waals surface area contributed by atoms with E-state index in [0.717, 1.165) is 23.1 Å². The van der Waals surface area contributed by atoms with Crippen molar-refractivity contribution in [3.63, 3.8) is 0 Å². The van der Waals surface area contributed by atoms with Gasteiger partial charge in [-0.3, -0.25) is 9.59 Å². The van der Waals surface area contributed by atoms with Crippen LogP contribution in [0.15, 0.2) is 54.6 Å². The SMILES string of the molecule is C=C1CC2COC(=O)C2(Cc2ccc(NC(=O)Cc3cc(OC)ccc3OC)cc2)C1. The van der Waals surface area contributed by atoms with Crippen LogP contribution in [0.5, 0.6) is 11.5 Å². The first-order valence-electron chi connectivity index (χ1n) is 10.4. The first-order chi connectivity index (χ1) is 14.9. The third-order valence-electron chi connectivity index (χ3n) is 6.30. The predicted octanol–water partition coefficient (Wildman–Crippen LogP) is 3.94. The molecule has 2 fully saturated rings. The number of allylic oxidation sites excluding steroid dienone is 1. The molecule has 1 saturated carbocycles. The predicted molar refractivity (Wildman–Crippen MR) is 117 cm³/mol. The molecule has 2 aromatic carbocycles. The molecule has 1 N–H and O–H groups in total. The number of carbonyl (C=O) groups is 2. The Morgan fingerprint density at radius 3 is 2.68 bits per heavy atom. The van der Waals surface area contributed by atoms with Crippen LogP contribution in [0.25, 0.3) is 0 Å². The van der Waals surface area contributed by atoms with Gasteiger partial charge >= 0.3 is 5.97 Å². The topological polar surface area (TPSA) is 73.9 Å². The van der Waals surface area contributed by atoms with Crippen molar-refractivity contribution in [2.45, 2.75) is 25.7 Å². The van der Waals surface area contributed by atoms with E-state index >= 15 is 0 Å². The van der Waals surface area contributed by atoms with Crippen molar-refractivity contribution < 1.29 is 23.8 Å². The summed E-state index contributed by atoms with van der Waals surface area (Å²) in [5.74, 6) is 1.27. The van der Waals surface area contributed by atoms with Crippen LogP contribution in [0.4, 0.5) is 5.69 Å². The minimum absolute atomic E-state index is 0.110. The molecule has 1 aliphatic heterocycles. The van der Waals surface area contributed by atoms with E-state index in [4.69, 9.17) is 14.2 Å². The number of hydrogen-bond donors (Lipinski definition) is 1. The molecule has 1 saturated heterocycles. The highest BCUT2D eigenvalue weighted by Crippen LogP contribution is 2.52. The maximum atomic E-state index is 12.6. The first kappa shape index (κ1) is 21.0. The maximum absolute atomic E-state index is 12.6. The summed E-state index contributed by atoms with van der Waals surface area (Å²) in [5, 5.41) is 2.92. The van der Waals surface area contributed by atoms with Gasteiger partial charge in [0.1, 0.15) is 11.5 Å². The quantitative estimate of drug-likeness (QED) is 0.542. The highest BCUT2D eigenvalue weighted by Gasteiger charge is 2.55. The van der Waals surface area contributed by atoms with Crippen LogP contribution < -0.4 is 14.8 Å². The van der Waals surface area contributed by atoms with Crippen molar-refractivity contribution in [3.8, 4) is 11.5 Å². The minimum Gasteiger partial charge on any atom is -0.497 e. The molecule has 0 spiro atoms. The summed E-state index contributed by atoms with van der Waals surface area (Å²) in [5.41, 5.74) is 3.14. The van der Waals surface area contributed by atoms with Gasteiger partial charge in [0.25, 0.3) is 0 Å². The summed E-state index contributed by atoms with van der Waals surface area (Å²) >= 11 is 0. The number of hydrogen-bond acceptors (Lipinski definition) is 5. The van der Waals surface area contributed by atoms with Crippen molar-refractivity contribution in [2.75, 3.05) is 26.1 Å². The lowest BCUT2D eigenvalue weighted by Crippen LogP contribution is -2.31. The number of ether oxygens (including phenoxy) is 3. The summed E-state index contributed by atoms with van der Waals surface area (Å²) in [6.07, 6.45) is 2.34. The lowest BCUT2D eigenvalue weighted by Gasteiger charge is -2.24. The van der Waals surface area contributed by atoms with Crippen molar-refractivity contribution in [1.29, 1.82) is 0 Å². The molecule has 162 valence electrons. The molecular weight excluding hydrogens is 394 g/mol. The van der Waals surface area contributed by atoms with Gasteiger partial charge in [-0.15, -0.1) is 0 Å². The molecule has 4 rings (SSSR count). The van der Waals surface area contributed by atoms with Crippen LogP contribution in [-0.4, -0.2) is 32.7 Å². The molecule has 1 heterocycles. The van der Waals surface area contributed by atoms with Crippen molar-refractivity contribution in [1.82, 2.24) is 0 Å². The first-order valence-corrected chi connectivity index (χ1v) is 10.4. The molecule has 2 aromatic rings. The number of rotatable bonds is 7. The fraction of sp³-hybridized carbons (Fsp3) is 0.360. The minimum atomic E-state index is -0.481. The highest BCUT2D eigenvalue weighted by molar-refractivity contribution is 5.92. The Balaban J connectivity index is 1.42. The van der Waals surface area contributed by atoms with Gasteiger partial charge in [0, 0.05) is 17.2 Å². The number of amides is 1. The fourth-order valence-electron chi connectivity index (χ4n) is 4.73. The Morgan fingerprint density at radius 2 is 1.97 bits per heavy atom. The van der Waals surface area contributed by atoms with Crippen LogP contribution in [0.2, 0.25) is 0 Å². The third kappa shape index (κ3) is 4.15. The van der Waals surface area contributed by atoms with E-state index in [1.165, 1.54) is 0 Å². The Kier molecular flexibility index (Phi) is 5.72. The Hall–Kier alpha value is -3.28. The number of cyclic esters (lactones) is 1. The van der Waals surface area contributed by atoms with E-state index in [2.05, 4.69) is 11.9 Å². The Labute approximate surface area is 182 Å². The van der Waals surface area contributed by atoms with E-state index in [1.807, 2.05) is 24.3 Å². The third-order valence-corrected chi connectivity index (χ3v) is 6.30. The molecule has 1 aliphatic carbocycles. The Bertz CT molecular complexity index is 1010. The largest absolute Gasteiger partial charge is 0.497 e. The summed E-state index contributed by atoms with van der Waals surface area (Å²) in [7, 11) is 3.16. The van der Waals surface area contributed by atoms with Crippen LogP contribution in [-0.2, 0) is 27.2 Å². The standard InChI is InChI=1S/C25H27NO5/c1-16-10-19-15-31-24(28)25(19,13-16)14-17-4-6-20(7-5-17)26-23(27)12-18-11-21(29-2)8-9-22(18)30-3/h4-9,11,19H,1,10,12-15H2,2-3H3,(H,26,27). The molecule has 6 heteroatoms. The smallest absolute Gasteiger partial charge is 0.313 e. The van der Waals surface area contributed by atoms with E-state index in [-0.39, 0.29) is 24.2 Å². The van der Waals surface area contributed by atoms with Crippen LogP contribution in [0.3, 0.4) is 0 Å². The fourth-order valence-corrected chi connectivity index (χ4v) is 4.73. The number of esters is 1. The molecule has 2 atom stereocenters. The second-order valence-corrected chi connectivity index (χ2v) is 8.36. The van der Waals surface area contributed by atoms with E-state index < -0.39 is 5.41 Å². The monoisotopic (exact) mass is 421 g/mol. The Morgan fingerprint density at radius 1 is 1.19 bits per heavy atom. The van der Waals surface area contributed by atoms with Gasteiger partial charge in [-0.05, 0) is 55.2 Å². The van der Waals surface area contributed by atoms with Gasteiger partial charge < -0.3 is 19.5 Å². The average Bonchev–Trinajstić information content (AvgIpc) is 3.23. The van der Waals surface area contributed by atoms with Crippen LogP contribution >= 0.6 is 0 Å². The molecule has 0 radical (unpaired) electrons. The number of nitrogens with one attached hydrogen (secondary N) is 1. The number of carbonyl (C=O) groups excluding carboxylic acids is 2. The number of fused-ring (bicyclic) bond motifs is 1. The summed E-state index contributed by atoms with van der Waals surface area (Å²) in [4.78, 5) is 25.0. The molecule has 0 bridgehead atoms. The van der Waals surface area contributed by atoms with Gasteiger partial charge in [-0.1, -0.05) is 24.3 Å². The molecule has 6 nitrogen and oxygen atoms in total. The molecule has 0 aromatic heterocycles. The number of benzene rings is 2. The van der Waals surface area contributed by atoms with E-state index in [9.17, 15) is 9.59 Å². The van der Waals surface area contributed by atoms with Crippen LogP contribution in [0.1, 0.15) is 24.0 Å². The van der Waals surface area contributed by atoms with Crippen molar-refractivity contribution in [3.05, 3.63) is 65.7 Å². The zero-order chi connectivity index (χ0) is 22.0. The molecule has 31 heavy (non-hydrogen) atoms. The molecular formula is C25H27NO5. The summed E-state index contributed by atoms with van der Waals surface area (Å²) in [6.45, 7) is 4.58. The molecule has 1 amide bonds. The highest BCUT2D eigenvalue weighted by atomic mass is 16.5. The zero-order valence-corrected chi connectivity index (χ0v) is 17.9. The van der Waals surface area contributed by atoms with Gasteiger partial charge in [-0.25, -0.2) is 0 Å². The lowest BCUT2D eigenvalue weighted by atomic mass is 9.75. The van der Waals surface area contributed by atoms with E-state index in [0.29, 0.717) is 36.6 Å².